The molecule has 0 aliphatic carbocycles. The number of hydrogen-bond donors (Lipinski definition) is 0. The van der Waals surface area contributed by atoms with Gasteiger partial charge in [0.1, 0.15) is 0 Å². The maximum atomic E-state index is 12.2. The second-order valence-electron chi connectivity index (χ2n) is 4.30. The van der Waals surface area contributed by atoms with Crippen LogP contribution in [0, 0.1) is 0 Å². The molecule has 1 aliphatic heterocycles. The highest BCUT2D eigenvalue weighted by Crippen LogP contribution is 2.40. The molecule has 0 saturated carbocycles. The molecule has 0 radical (unpaired) electrons. The molecule has 1 aliphatic rings. The van der Waals surface area contributed by atoms with Gasteiger partial charge in [-0.25, -0.2) is 8.42 Å². The van der Waals surface area contributed by atoms with E-state index in [1.807, 2.05) is 6.92 Å². The second-order valence-corrected chi connectivity index (χ2v) is 6.83. The lowest BCUT2D eigenvalue weighted by Gasteiger charge is -2.14. The fraction of sp³-hybridized carbons (Fsp3) is 0.154. The molecule has 4 nitrogen and oxygen atoms in total. The van der Waals surface area contributed by atoms with Crippen LogP contribution in [-0.2, 0) is 9.05 Å². The van der Waals surface area contributed by atoms with Crippen molar-refractivity contribution in [3.05, 3.63) is 35.9 Å². The maximum absolute atomic E-state index is 12.2. The first-order valence-electron chi connectivity index (χ1n) is 5.77. The van der Waals surface area contributed by atoms with Gasteiger partial charge in [-0.1, -0.05) is 12.1 Å². The minimum Gasteiger partial charge on any atom is -0.308 e. The summed E-state index contributed by atoms with van der Waals surface area (Å²) in [7, 11) is 1.61. The van der Waals surface area contributed by atoms with Crippen LogP contribution < -0.4 is 4.90 Å². The van der Waals surface area contributed by atoms with Crippen LogP contribution in [0.1, 0.15) is 17.3 Å². The maximum Gasteiger partial charge on any atom is 0.261 e. The van der Waals surface area contributed by atoms with E-state index >= 15 is 0 Å². The monoisotopic (exact) mass is 295 g/mol. The van der Waals surface area contributed by atoms with Crippen molar-refractivity contribution in [2.45, 2.75) is 11.8 Å². The van der Waals surface area contributed by atoms with Gasteiger partial charge in [0.25, 0.3) is 15.0 Å². The molecular formula is C13H10ClNO3S. The van der Waals surface area contributed by atoms with E-state index in [-0.39, 0.29) is 10.8 Å². The third kappa shape index (κ3) is 1.65. The molecule has 2 aromatic carbocycles. The van der Waals surface area contributed by atoms with E-state index in [0.717, 1.165) is 5.69 Å². The highest BCUT2D eigenvalue weighted by atomic mass is 35.7. The number of halogens is 1. The molecule has 0 fully saturated rings. The Hall–Kier alpha value is -1.59. The van der Waals surface area contributed by atoms with E-state index in [1.165, 1.54) is 6.07 Å². The summed E-state index contributed by atoms with van der Waals surface area (Å²) in [6.07, 6.45) is 0. The quantitative estimate of drug-likeness (QED) is 0.801. The van der Waals surface area contributed by atoms with Crippen LogP contribution in [0.25, 0.3) is 10.8 Å². The van der Waals surface area contributed by atoms with Gasteiger partial charge in [-0.3, -0.25) is 4.79 Å². The topological polar surface area (TPSA) is 54.5 Å². The molecule has 0 atom stereocenters. The van der Waals surface area contributed by atoms with Crippen molar-refractivity contribution >= 4 is 42.1 Å². The molecule has 98 valence electrons. The minimum atomic E-state index is -3.83. The smallest absolute Gasteiger partial charge is 0.261 e. The normalized spacial score (nSPS) is 14.4. The lowest BCUT2D eigenvalue weighted by atomic mass is 10.1. The fourth-order valence-corrected chi connectivity index (χ4v) is 3.61. The number of amides is 1. The number of benzene rings is 2. The molecule has 2 aromatic rings. The first-order chi connectivity index (χ1) is 8.95. The zero-order chi connectivity index (χ0) is 13.8. The third-order valence-corrected chi connectivity index (χ3v) is 4.70. The molecule has 0 bridgehead atoms. The van der Waals surface area contributed by atoms with Crippen molar-refractivity contribution < 1.29 is 13.2 Å². The van der Waals surface area contributed by atoms with E-state index < -0.39 is 9.05 Å². The predicted molar refractivity (Wildman–Crippen MR) is 74.3 cm³/mol. The number of carbonyl (C=O) groups excluding carboxylic acids is 1. The van der Waals surface area contributed by atoms with Gasteiger partial charge in [0.05, 0.1) is 10.6 Å². The summed E-state index contributed by atoms with van der Waals surface area (Å²) in [5, 5.41) is 1.16. The summed E-state index contributed by atoms with van der Waals surface area (Å²) in [5.41, 5.74) is 1.26. The molecule has 3 rings (SSSR count). The lowest BCUT2D eigenvalue weighted by molar-refractivity contribution is 0.0994. The Kier molecular flexibility index (Phi) is 2.59. The molecule has 0 saturated heterocycles. The molecule has 0 N–H and O–H groups in total. The van der Waals surface area contributed by atoms with Gasteiger partial charge in [0, 0.05) is 33.6 Å². The van der Waals surface area contributed by atoms with Crippen LogP contribution in [0.2, 0.25) is 0 Å². The Morgan fingerprint density at radius 1 is 1.21 bits per heavy atom. The summed E-state index contributed by atoms with van der Waals surface area (Å²) < 4.78 is 23.2. The number of anilines is 1. The van der Waals surface area contributed by atoms with Crippen molar-refractivity contribution in [3.63, 3.8) is 0 Å². The first kappa shape index (κ1) is 12.4. The van der Waals surface area contributed by atoms with E-state index in [4.69, 9.17) is 10.7 Å². The van der Waals surface area contributed by atoms with Crippen molar-refractivity contribution in [3.8, 4) is 0 Å². The minimum absolute atomic E-state index is 0.0421. The van der Waals surface area contributed by atoms with Crippen LogP contribution >= 0.6 is 10.7 Å². The van der Waals surface area contributed by atoms with Crippen molar-refractivity contribution in [2.75, 3.05) is 11.4 Å². The molecule has 6 heteroatoms. The summed E-state index contributed by atoms with van der Waals surface area (Å²) >= 11 is 0. The van der Waals surface area contributed by atoms with Gasteiger partial charge in [-0.2, -0.15) is 0 Å². The number of hydrogen-bond acceptors (Lipinski definition) is 3. The van der Waals surface area contributed by atoms with Crippen molar-refractivity contribution in [1.82, 2.24) is 0 Å². The van der Waals surface area contributed by atoms with E-state index in [0.29, 0.717) is 22.9 Å². The summed E-state index contributed by atoms with van der Waals surface area (Å²) in [5.74, 6) is -0.104. The Bertz CT molecular complexity index is 814. The van der Waals surface area contributed by atoms with Gasteiger partial charge in [0.15, 0.2) is 0 Å². The zero-order valence-corrected chi connectivity index (χ0v) is 11.6. The highest BCUT2D eigenvalue weighted by Gasteiger charge is 2.30. The third-order valence-electron chi connectivity index (χ3n) is 3.32. The van der Waals surface area contributed by atoms with Crippen LogP contribution in [0.15, 0.2) is 35.2 Å². The highest BCUT2D eigenvalue weighted by molar-refractivity contribution is 8.14. The summed E-state index contributed by atoms with van der Waals surface area (Å²) in [6.45, 7) is 2.41. The molecule has 0 unspecified atom stereocenters. The molecule has 1 heterocycles. The predicted octanol–water partition coefficient (Wildman–Crippen LogP) is 2.75. The largest absolute Gasteiger partial charge is 0.308 e. The molecule has 0 spiro atoms. The Labute approximate surface area is 115 Å². The average Bonchev–Trinajstić information content (AvgIpc) is 2.63. The second kappa shape index (κ2) is 3.95. The Balaban J connectivity index is 2.48. The molecule has 0 aromatic heterocycles. The standard InChI is InChI=1S/C13H10ClNO3S/c1-2-15-10-6-7-11(19(14,17)18)8-4-3-5-9(12(8)10)13(15)16/h3-7H,2H2,1H3. The number of nitrogens with zero attached hydrogens (tertiary/aromatic N) is 1. The fourth-order valence-electron chi connectivity index (χ4n) is 2.55. The van der Waals surface area contributed by atoms with E-state index in [2.05, 4.69) is 0 Å². The van der Waals surface area contributed by atoms with Gasteiger partial charge in [0.2, 0.25) is 0 Å². The van der Waals surface area contributed by atoms with Crippen molar-refractivity contribution in [2.24, 2.45) is 0 Å². The Morgan fingerprint density at radius 3 is 2.58 bits per heavy atom. The van der Waals surface area contributed by atoms with Crippen LogP contribution in [0.4, 0.5) is 5.69 Å². The molecular weight excluding hydrogens is 286 g/mol. The lowest BCUT2D eigenvalue weighted by Crippen LogP contribution is -2.25. The van der Waals surface area contributed by atoms with Gasteiger partial charge in [-0.05, 0) is 25.1 Å². The van der Waals surface area contributed by atoms with Crippen LogP contribution in [-0.4, -0.2) is 20.9 Å². The number of rotatable bonds is 2. The summed E-state index contributed by atoms with van der Waals surface area (Å²) in [6, 6.07) is 8.13. The zero-order valence-electron chi connectivity index (χ0n) is 10.1. The molecule has 19 heavy (non-hydrogen) atoms. The number of carbonyl (C=O) groups is 1. The SMILES string of the molecule is CCN1C(=O)c2cccc3c(S(=O)(=O)Cl)ccc1c23. The Morgan fingerprint density at radius 2 is 1.95 bits per heavy atom. The van der Waals surface area contributed by atoms with Crippen molar-refractivity contribution in [1.29, 1.82) is 0 Å². The van der Waals surface area contributed by atoms with E-state index in [1.54, 1.807) is 29.2 Å². The van der Waals surface area contributed by atoms with E-state index in [9.17, 15) is 13.2 Å². The summed E-state index contributed by atoms with van der Waals surface area (Å²) in [4.78, 5) is 13.9. The molecule has 1 amide bonds. The van der Waals surface area contributed by atoms with Crippen LogP contribution in [0.3, 0.4) is 0 Å². The van der Waals surface area contributed by atoms with Gasteiger partial charge >= 0.3 is 0 Å². The average molecular weight is 296 g/mol. The van der Waals surface area contributed by atoms with Gasteiger partial charge in [-0.15, -0.1) is 0 Å². The first-order valence-corrected chi connectivity index (χ1v) is 8.08. The van der Waals surface area contributed by atoms with Gasteiger partial charge < -0.3 is 4.90 Å². The van der Waals surface area contributed by atoms with Crippen LogP contribution in [0.5, 0.6) is 0 Å².